The number of rotatable bonds is 6. The highest BCUT2D eigenvalue weighted by Gasteiger charge is 2.15. The van der Waals surface area contributed by atoms with E-state index in [-0.39, 0.29) is 12.1 Å². The summed E-state index contributed by atoms with van der Waals surface area (Å²) in [5, 5.41) is 4.21. The van der Waals surface area contributed by atoms with Crippen LogP contribution in [-0.4, -0.2) is 24.7 Å². The summed E-state index contributed by atoms with van der Waals surface area (Å²) >= 11 is 0. The number of nitrogens with one attached hydrogen (secondary N) is 1. The van der Waals surface area contributed by atoms with Crippen LogP contribution in [-0.2, 0) is 22.3 Å². The highest BCUT2D eigenvalue weighted by molar-refractivity contribution is 7.88. The van der Waals surface area contributed by atoms with Crippen LogP contribution >= 0.6 is 0 Å². The smallest absolute Gasteiger partial charge is 0.215 e. The van der Waals surface area contributed by atoms with Gasteiger partial charge in [0.2, 0.25) is 10.0 Å². The molecule has 0 aliphatic rings. The Morgan fingerprint density at radius 3 is 2.59 bits per heavy atom. The first-order chi connectivity index (χ1) is 10.3. The second kappa shape index (κ2) is 6.53. The zero-order valence-electron chi connectivity index (χ0n) is 12.3. The first kappa shape index (κ1) is 16.6. The Kier molecular flexibility index (Phi) is 4.92. The van der Waals surface area contributed by atoms with Crippen molar-refractivity contribution in [3.05, 3.63) is 52.9 Å². The molecule has 1 aromatic carbocycles. The third kappa shape index (κ3) is 4.35. The summed E-state index contributed by atoms with van der Waals surface area (Å²) in [5.74, 6) is -2.02. The normalized spacial score (nSPS) is 11.8. The van der Waals surface area contributed by atoms with Crippen molar-refractivity contribution in [1.29, 1.82) is 0 Å². The standard InChI is InChI=1S/C14H17F2N3O2S/c1-10-7-11(2)19(18-10)6-5-17-22(20,21)9-12-8-13(15)3-4-14(12)16/h3-4,7-8,17H,5-6,9H2,1-2H3. The topological polar surface area (TPSA) is 64.0 Å². The summed E-state index contributed by atoms with van der Waals surface area (Å²) in [5.41, 5.74) is 1.58. The number of hydrogen-bond acceptors (Lipinski definition) is 3. The molecule has 1 N–H and O–H groups in total. The molecule has 0 atom stereocenters. The van der Waals surface area contributed by atoms with Crippen LogP contribution in [0.2, 0.25) is 0 Å². The van der Waals surface area contributed by atoms with Gasteiger partial charge in [-0.3, -0.25) is 4.68 Å². The molecular weight excluding hydrogens is 312 g/mol. The molecule has 0 saturated carbocycles. The van der Waals surface area contributed by atoms with Gasteiger partial charge in [0, 0.05) is 17.8 Å². The third-order valence-electron chi connectivity index (χ3n) is 3.10. The Labute approximate surface area is 128 Å². The Morgan fingerprint density at radius 2 is 1.95 bits per heavy atom. The lowest BCUT2D eigenvalue weighted by atomic mass is 10.2. The molecule has 1 heterocycles. The summed E-state index contributed by atoms with van der Waals surface area (Å²) in [6, 6.07) is 4.63. The number of hydrogen-bond donors (Lipinski definition) is 1. The largest absolute Gasteiger partial charge is 0.268 e. The first-order valence-electron chi connectivity index (χ1n) is 6.69. The van der Waals surface area contributed by atoms with Crippen molar-refractivity contribution in [1.82, 2.24) is 14.5 Å². The van der Waals surface area contributed by atoms with Crippen LogP contribution < -0.4 is 4.72 Å². The van der Waals surface area contributed by atoms with Gasteiger partial charge in [0.15, 0.2) is 0 Å². The van der Waals surface area contributed by atoms with Crippen molar-refractivity contribution < 1.29 is 17.2 Å². The van der Waals surface area contributed by atoms with Gasteiger partial charge in [-0.2, -0.15) is 5.10 Å². The van der Waals surface area contributed by atoms with Crippen LogP contribution in [0.5, 0.6) is 0 Å². The number of aryl methyl sites for hydroxylation is 2. The van der Waals surface area contributed by atoms with E-state index in [9.17, 15) is 17.2 Å². The minimum absolute atomic E-state index is 0.126. The summed E-state index contributed by atoms with van der Waals surface area (Å²) in [4.78, 5) is 0. The third-order valence-corrected chi connectivity index (χ3v) is 4.44. The molecule has 120 valence electrons. The van der Waals surface area contributed by atoms with Gasteiger partial charge in [-0.15, -0.1) is 0 Å². The molecule has 0 fully saturated rings. The van der Waals surface area contributed by atoms with Gasteiger partial charge in [0.1, 0.15) is 11.6 Å². The van der Waals surface area contributed by atoms with Crippen LogP contribution in [0.1, 0.15) is 17.0 Å². The van der Waals surface area contributed by atoms with E-state index in [0.717, 1.165) is 29.6 Å². The summed E-state index contributed by atoms with van der Waals surface area (Å²) in [6.07, 6.45) is 0. The second-order valence-corrected chi connectivity index (χ2v) is 6.85. The van der Waals surface area contributed by atoms with Gasteiger partial charge in [0.05, 0.1) is 18.0 Å². The number of benzene rings is 1. The SMILES string of the molecule is Cc1cc(C)n(CCNS(=O)(=O)Cc2cc(F)ccc2F)n1. The number of halogens is 2. The van der Waals surface area contributed by atoms with Gasteiger partial charge in [-0.25, -0.2) is 21.9 Å². The Morgan fingerprint density at radius 1 is 1.23 bits per heavy atom. The predicted octanol–water partition coefficient (Wildman–Crippen LogP) is 1.90. The zero-order valence-corrected chi connectivity index (χ0v) is 13.1. The van der Waals surface area contributed by atoms with E-state index >= 15 is 0 Å². The van der Waals surface area contributed by atoms with Crippen molar-refractivity contribution >= 4 is 10.0 Å². The number of nitrogens with zero attached hydrogens (tertiary/aromatic N) is 2. The average Bonchev–Trinajstić information content (AvgIpc) is 2.72. The lowest BCUT2D eigenvalue weighted by Crippen LogP contribution is -2.29. The zero-order chi connectivity index (χ0) is 16.3. The maximum atomic E-state index is 13.5. The number of sulfonamides is 1. The molecule has 0 saturated heterocycles. The van der Waals surface area contributed by atoms with Gasteiger partial charge in [-0.05, 0) is 38.1 Å². The van der Waals surface area contributed by atoms with E-state index in [1.807, 2.05) is 19.9 Å². The Hall–Kier alpha value is -1.80. The van der Waals surface area contributed by atoms with Gasteiger partial charge >= 0.3 is 0 Å². The molecule has 0 aliphatic heterocycles. The summed E-state index contributed by atoms with van der Waals surface area (Å²) in [6.45, 7) is 4.21. The molecule has 2 aromatic rings. The van der Waals surface area contributed by atoms with E-state index in [2.05, 4.69) is 9.82 Å². The lowest BCUT2D eigenvalue weighted by molar-refractivity contribution is 0.550. The van der Waals surface area contributed by atoms with Crippen molar-refractivity contribution in [2.24, 2.45) is 0 Å². The molecule has 0 aliphatic carbocycles. The molecular formula is C14H17F2N3O2S. The van der Waals surface area contributed by atoms with E-state index in [4.69, 9.17) is 0 Å². The van der Waals surface area contributed by atoms with Gasteiger partial charge in [0.25, 0.3) is 0 Å². The van der Waals surface area contributed by atoms with Crippen molar-refractivity contribution in [3.8, 4) is 0 Å². The Balaban J connectivity index is 1.96. The molecule has 2 rings (SSSR count). The maximum Gasteiger partial charge on any atom is 0.215 e. The van der Waals surface area contributed by atoms with E-state index in [0.29, 0.717) is 6.54 Å². The molecule has 0 bridgehead atoms. The van der Waals surface area contributed by atoms with Crippen molar-refractivity contribution in [2.45, 2.75) is 26.1 Å². The lowest BCUT2D eigenvalue weighted by Gasteiger charge is -2.09. The van der Waals surface area contributed by atoms with Crippen LogP contribution in [0.3, 0.4) is 0 Å². The molecule has 22 heavy (non-hydrogen) atoms. The molecule has 8 heteroatoms. The minimum Gasteiger partial charge on any atom is -0.268 e. The fraction of sp³-hybridized carbons (Fsp3) is 0.357. The van der Waals surface area contributed by atoms with Gasteiger partial charge < -0.3 is 0 Å². The molecule has 0 unspecified atom stereocenters. The highest BCUT2D eigenvalue weighted by Crippen LogP contribution is 2.12. The Bertz CT molecular complexity index is 772. The van der Waals surface area contributed by atoms with Crippen LogP contribution in [0.4, 0.5) is 8.78 Å². The molecule has 1 aromatic heterocycles. The summed E-state index contributed by atoms with van der Waals surface area (Å²) < 4.78 is 54.4. The fourth-order valence-corrected chi connectivity index (χ4v) is 3.25. The van der Waals surface area contributed by atoms with E-state index in [1.54, 1.807) is 4.68 Å². The maximum absolute atomic E-state index is 13.5. The van der Waals surface area contributed by atoms with Gasteiger partial charge in [-0.1, -0.05) is 0 Å². The average molecular weight is 329 g/mol. The molecule has 5 nitrogen and oxygen atoms in total. The second-order valence-electron chi connectivity index (χ2n) is 5.04. The molecule has 0 spiro atoms. The van der Waals surface area contributed by atoms with Crippen LogP contribution in [0, 0.1) is 25.5 Å². The highest BCUT2D eigenvalue weighted by atomic mass is 32.2. The molecule has 0 amide bonds. The minimum atomic E-state index is -3.75. The quantitative estimate of drug-likeness (QED) is 0.880. The fourth-order valence-electron chi connectivity index (χ4n) is 2.12. The predicted molar refractivity (Wildman–Crippen MR) is 78.7 cm³/mol. The monoisotopic (exact) mass is 329 g/mol. The summed E-state index contributed by atoms with van der Waals surface area (Å²) in [7, 11) is -3.75. The van der Waals surface area contributed by atoms with Crippen molar-refractivity contribution in [3.63, 3.8) is 0 Å². The van der Waals surface area contributed by atoms with E-state index < -0.39 is 27.4 Å². The van der Waals surface area contributed by atoms with Crippen molar-refractivity contribution in [2.75, 3.05) is 6.54 Å². The van der Waals surface area contributed by atoms with Crippen LogP contribution in [0.25, 0.3) is 0 Å². The molecule has 0 radical (unpaired) electrons. The first-order valence-corrected chi connectivity index (χ1v) is 8.34. The number of aromatic nitrogens is 2. The van der Waals surface area contributed by atoms with Crippen LogP contribution in [0.15, 0.2) is 24.3 Å². The van der Waals surface area contributed by atoms with E-state index in [1.165, 1.54) is 0 Å².